The Labute approximate surface area is 337 Å². The molecule has 16 heteroatoms. The molecule has 0 radical (unpaired) electrons. The Morgan fingerprint density at radius 3 is 2.33 bits per heavy atom. The van der Waals surface area contributed by atoms with E-state index in [9.17, 15) is 34.5 Å². The van der Waals surface area contributed by atoms with Crippen molar-refractivity contribution in [2.24, 2.45) is 11.8 Å². The van der Waals surface area contributed by atoms with Crippen LogP contribution in [-0.4, -0.2) is 151 Å². The first kappa shape index (κ1) is 48.6. The number of nitrogens with zero attached hydrogens (tertiary/aromatic N) is 1. The summed E-state index contributed by atoms with van der Waals surface area (Å²) in [5.74, 6) is -2.90. The molecule has 0 aromatic carbocycles. The van der Waals surface area contributed by atoms with E-state index >= 15 is 0 Å². The zero-order valence-electron chi connectivity index (χ0n) is 35.2. The standard InChI is InChI=1S/C41H67NO15/c1-11-15-31(46)57-41(7)22-33(52-26(5)39(41)49)55-36-25(4)53-40(35(48)34(36)42(8)9)56-37-28(18-19-43)20-23(2)29(45)17-14-12-13-16-24(3)51-32(47)21-30(38(37)50-10)54-27(6)44/h12-14,17,19,23-26,28-30,33-40,45,48-49H,11,15-16,18,20-22H2,1-10H3/b13-12+,17-14+/t23-,24-,25-,26+,28+,29+,30-,33+,34-,35-,36-,37+,38+,39+,40?,41-/m1/s1. The molecule has 57 heavy (non-hydrogen) atoms. The second-order valence-corrected chi connectivity index (χ2v) is 16.1. The molecule has 16 atom stereocenters. The number of rotatable bonds is 12. The van der Waals surface area contributed by atoms with Gasteiger partial charge in [-0.3, -0.25) is 14.4 Å². The van der Waals surface area contributed by atoms with Crippen LogP contribution in [0.25, 0.3) is 0 Å². The predicted octanol–water partition coefficient (Wildman–Crippen LogP) is 2.77. The first-order valence-electron chi connectivity index (χ1n) is 20.1. The largest absolute Gasteiger partial charge is 0.462 e. The Morgan fingerprint density at radius 2 is 1.72 bits per heavy atom. The van der Waals surface area contributed by atoms with Crippen molar-refractivity contribution in [2.75, 3.05) is 21.2 Å². The van der Waals surface area contributed by atoms with E-state index in [1.165, 1.54) is 14.0 Å². The summed E-state index contributed by atoms with van der Waals surface area (Å²) in [4.78, 5) is 52.3. The molecule has 0 bridgehead atoms. The molecule has 326 valence electrons. The van der Waals surface area contributed by atoms with Gasteiger partial charge in [0.25, 0.3) is 0 Å². The minimum atomic E-state index is -1.40. The zero-order chi connectivity index (χ0) is 42.6. The number of hydrogen-bond donors (Lipinski definition) is 3. The molecule has 0 amide bonds. The topological polar surface area (TPSA) is 206 Å². The molecular formula is C41H67NO15. The molecule has 0 aromatic heterocycles. The number of allylic oxidation sites excluding steroid dienone is 2. The van der Waals surface area contributed by atoms with E-state index in [1.807, 2.05) is 13.8 Å². The monoisotopic (exact) mass is 813 g/mol. The summed E-state index contributed by atoms with van der Waals surface area (Å²) in [5.41, 5.74) is -1.31. The lowest BCUT2D eigenvalue weighted by atomic mass is 9.82. The summed E-state index contributed by atoms with van der Waals surface area (Å²) in [5, 5.41) is 34.1. The van der Waals surface area contributed by atoms with Crippen LogP contribution in [0.1, 0.15) is 93.4 Å². The molecule has 3 aliphatic rings. The van der Waals surface area contributed by atoms with Gasteiger partial charge in [-0.2, -0.15) is 0 Å². The van der Waals surface area contributed by atoms with E-state index in [4.69, 9.17) is 37.9 Å². The quantitative estimate of drug-likeness (QED) is 0.147. The highest BCUT2D eigenvalue weighted by Crippen LogP contribution is 2.38. The number of methoxy groups -OCH3 is 1. The van der Waals surface area contributed by atoms with Crippen LogP contribution >= 0.6 is 0 Å². The molecular weight excluding hydrogens is 746 g/mol. The number of cyclic esters (lactones) is 1. The summed E-state index contributed by atoms with van der Waals surface area (Å²) >= 11 is 0. The fraction of sp³-hybridized carbons (Fsp3) is 0.805. The normalized spacial score (nSPS) is 41.1. The number of likely N-dealkylation sites (N-methyl/N-ethyl adjacent to an activating group) is 1. The number of hydrogen-bond acceptors (Lipinski definition) is 16. The average molecular weight is 814 g/mol. The van der Waals surface area contributed by atoms with Gasteiger partial charge in [-0.05, 0) is 66.5 Å². The van der Waals surface area contributed by atoms with E-state index in [-0.39, 0.29) is 25.7 Å². The molecule has 3 aliphatic heterocycles. The molecule has 2 fully saturated rings. The number of esters is 3. The Balaban J connectivity index is 2.01. The third-order valence-electron chi connectivity index (χ3n) is 10.9. The lowest BCUT2D eigenvalue weighted by Crippen LogP contribution is -2.66. The highest BCUT2D eigenvalue weighted by atomic mass is 16.7. The Bertz CT molecular complexity index is 1360. The van der Waals surface area contributed by atoms with Gasteiger partial charge in [0.15, 0.2) is 12.6 Å². The molecule has 3 rings (SSSR count). The van der Waals surface area contributed by atoms with Crippen molar-refractivity contribution < 1.29 is 72.4 Å². The van der Waals surface area contributed by atoms with Crippen molar-refractivity contribution >= 4 is 24.2 Å². The molecule has 0 aliphatic carbocycles. The van der Waals surface area contributed by atoms with E-state index in [0.29, 0.717) is 19.1 Å². The fourth-order valence-corrected chi connectivity index (χ4v) is 7.94. The van der Waals surface area contributed by atoms with E-state index in [0.717, 1.165) is 0 Å². The Morgan fingerprint density at radius 1 is 1.02 bits per heavy atom. The maximum Gasteiger partial charge on any atom is 0.309 e. The molecule has 2 saturated heterocycles. The van der Waals surface area contributed by atoms with Crippen LogP contribution < -0.4 is 0 Å². The lowest BCUT2D eigenvalue weighted by Gasteiger charge is -2.50. The van der Waals surface area contributed by atoms with Crippen molar-refractivity contribution in [1.82, 2.24) is 4.90 Å². The Kier molecular flexibility index (Phi) is 19.2. The van der Waals surface area contributed by atoms with E-state index < -0.39 is 121 Å². The van der Waals surface area contributed by atoms with Crippen LogP contribution in [0.2, 0.25) is 0 Å². The van der Waals surface area contributed by atoms with Gasteiger partial charge in [0.1, 0.15) is 48.5 Å². The van der Waals surface area contributed by atoms with E-state index in [1.54, 1.807) is 71.0 Å². The molecule has 3 heterocycles. The lowest BCUT2D eigenvalue weighted by molar-refractivity contribution is -0.344. The molecule has 0 spiro atoms. The van der Waals surface area contributed by atoms with Gasteiger partial charge >= 0.3 is 17.9 Å². The van der Waals surface area contributed by atoms with Crippen molar-refractivity contribution in [2.45, 2.75) is 179 Å². The highest BCUT2D eigenvalue weighted by molar-refractivity contribution is 5.72. The van der Waals surface area contributed by atoms with Gasteiger partial charge in [0.2, 0.25) is 0 Å². The number of aliphatic hydroxyl groups is 3. The average Bonchev–Trinajstić information content (AvgIpc) is 3.11. The highest BCUT2D eigenvalue weighted by Gasteiger charge is 2.53. The van der Waals surface area contributed by atoms with Gasteiger partial charge < -0.3 is 62.9 Å². The van der Waals surface area contributed by atoms with Gasteiger partial charge in [-0.1, -0.05) is 38.2 Å². The SMILES string of the molecule is CCCC(=O)O[C@]1(C)C[C@H](O[C@H]2[C@H](N(C)C)[C@@H](O)C(O[C@H]3[C@@H](CC=O)C[C@@H](C)[C@@H](O)/C=C/C=C/C[C@@H](C)OC(=O)C[C@@H](OC(C)=O)[C@@H]3OC)O[C@@H]2C)O[C@@H](C)[C@@H]1O. The number of aldehydes is 1. The maximum atomic E-state index is 13.2. The molecule has 16 nitrogen and oxygen atoms in total. The summed E-state index contributed by atoms with van der Waals surface area (Å²) in [6.45, 7) is 11.6. The van der Waals surface area contributed by atoms with Crippen molar-refractivity contribution in [3.8, 4) is 0 Å². The Hall–Kier alpha value is -2.80. The van der Waals surface area contributed by atoms with Gasteiger partial charge in [-0.25, -0.2) is 0 Å². The van der Waals surface area contributed by atoms with Crippen LogP contribution in [0.3, 0.4) is 0 Å². The van der Waals surface area contributed by atoms with Crippen LogP contribution in [-0.2, 0) is 57.1 Å². The zero-order valence-corrected chi connectivity index (χ0v) is 35.2. The molecule has 3 N–H and O–H groups in total. The summed E-state index contributed by atoms with van der Waals surface area (Å²) < 4.78 is 48.6. The van der Waals surface area contributed by atoms with Crippen molar-refractivity contribution in [3.05, 3.63) is 24.3 Å². The molecule has 1 unspecified atom stereocenters. The minimum absolute atomic E-state index is 0.00653. The first-order valence-corrected chi connectivity index (χ1v) is 20.1. The van der Waals surface area contributed by atoms with Gasteiger partial charge in [0.05, 0.1) is 36.9 Å². The second kappa shape index (κ2) is 22.5. The van der Waals surface area contributed by atoms with Gasteiger partial charge in [-0.15, -0.1) is 0 Å². The van der Waals surface area contributed by atoms with Crippen LogP contribution in [0.5, 0.6) is 0 Å². The summed E-state index contributed by atoms with van der Waals surface area (Å²) in [6.07, 6.45) is -3.69. The van der Waals surface area contributed by atoms with Crippen LogP contribution in [0.4, 0.5) is 0 Å². The number of ether oxygens (including phenoxy) is 8. The van der Waals surface area contributed by atoms with Gasteiger partial charge in [0, 0.05) is 39.7 Å². The third kappa shape index (κ3) is 13.6. The van der Waals surface area contributed by atoms with Crippen LogP contribution in [0.15, 0.2) is 24.3 Å². The number of carbonyl (C=O) groups excluding carboxylic acids is 4. The maximum absolute atomic E-state index is 13.2. The fourth-order valence-electron chi connectivity index (χ4n) is 7.94. The van der Waals surface area contributed by atoms with Crippen molar-refractivity contribution in [1.29, 1.82) is 0 Å². The van der Waals surface area contributed by atoms with Crippen molar-refractivity contribution in [3.63, 3.8) is 0 Å². The number of carbonyl (C=O) groups is 4. The minimum Gasteiger partial charge on any atom is -0.462 e. The number of aliphatic hydroxyl groups excluding tert-OH is 3. The summed E-state index contributed by atoms with van der Waals surface area (Å²) in [6, 6.07) is -0.783. The summed E-state index contributed by atoms with van der Waals surface area (Å²) in [7, 11) is 4.85. The molecule has 0 saturated carbocycles. The smallest absolute Gasteiger partial charge is 0.309 e. The molecule has 0 aromatic rings. The third-order valence-corrected chi connectivity index (χ3v) is 10.9. The van der Waals surface area contributed by atoms with E-state index in [2.05, 4.69) is 0 Å². The van der Waals surface area contributed by atoms with Crippen LogP contribution in [0, 0.1) is 11.8 Å². The predicted molar refractivity (Wildman–Crippen MR) is 205 cm³/mol. The second-order valence-electron chi connectivity index (χ2n) is 16.1. The first-order chi connectivity index (χ1) is 26.8.